The molecule has 0 atom stereocenters. The molecule has 170 valence electrons. The van der Waals surface area contributed by atoms with Crippen LogP contribution >= 0.6 is 95.6 Å². The van der Waals surface area contributed by atoms with Crippen molar-refractivity contribution in [3.8, 4) is 0 Å². The van der Waals surface area contributed by atoms with E-state index in [0.29, 0.717) is 26.8 Å². The maximum absolute atomic E-state index is 12.9. The predicted molar refractivity (Wildman–Crippen MR) is 147 cm³/mol. The van der Waals surface area contributed by atoms with Gasteiger partial charge in [0.15, 0.2) is 0 Å². The van der Waals surface area contributed by atoms with E-state index in [-0.39, 0.29) is 21.2 Å². The second-order valence-electron chi connectivity index (χ2n) is 6.14. The highest BCUT2D eigenvalue weighted by Crippen LogP contribution is 2.38. The van der Waals surface area contributed by atoms with Crippen LogP contribution in [0.2, 0.25) is 0 Å². The van der Waals surface area contributed by atoms with Crippen molar-refractivity contribution in [3.05, 3.63) is 75.4 Å². The van der Waals surface area contributed by atoms with E-state index in [9.17, 15) is 16.8 Å². The molecule has 0 aliphatic rings. The quantitative estimate of drug-likeness (QED) is 0.247. The second-order valence-corrected chi connectivity index (χ2v) is 14.3. The first kappa shape index (κ1) is 26.6. The molecule has 0 radical (unpaired) electrons. The number of hydrogen-bond acceptors (Lipinski definition) is 4. The van der Waals surface area contributed by atoms with E-state index in [0.717, 1.165) is 0 Å². The lowest BCUT2D eigenvalue weighted by atomic mass is 10.3. The van der Waals surface area contributed by atoms with Gasteiger partial charge in [-0.3, -0.25) is 9.44 Å². The SMILES string of the molecule is O=S(=O)(Nc1cccc(NS(=O)(=O)c2ccc(Br)c(Br)c2Br)c1)c1ccc(Br)c(Br)c1Br. The van der Waals surface area contributed by atoms with E-state index >= 15 is 0 Å². The Morgan fingerprint density at radius 1 is 0.531 bits per heavy atom. The Labute approximate surface area is 235 Å². The number of nitrogens with one attached hydrogen (secondary N) is 2. The van der Waals surface area contributed by atoms with Gasteiger partial charge in [0.25, 0.3) is 20.0 Å². The van der Waals surface area contributed by atoms with Gasteiger partial charge in [-0.25, -0.2) is 16.8 Å². The van der Waals surface area contributed by atoms with Gasteiger partial charge in [-0.15, -0.1) is 0 Å². The third kappa shape index (κ3) is 5.81. The Bertz CT molecular complexity index is 1320. The van der Waals surface area contributed by atoms with Crippen LogP contribution in [-0.4, -0.2) is 16.8 Å². The normalized spacial score (nSPS) is 11.9. The Balaban J connectivity index is 1.91. The largest absolute Gasteiger partial charge is 0.280 e. The molecule has 3 rings (SSSR count). The monoisotopic (exact) mass is 856 g/mol. The van der Waals surface area contributed by atoms with Crippen molar-refractivity contribution in [2.24, 2.45) is 0 Å². The van der Waals surface area contributed by atoms with Gasteiger partial charge in [-0.2, -0.15) is 0 Å². The van der Waals surface area contributed by atoms with Crippen LogP contribution in [0.25, 0.3) is 0 Å². The van der Waals surface area contributed by atoms with E-state index in [4.69, 9.17) is 0 Å². The van der Waals surface area contributed by atoms with E-state index in [1.807, 2.05) is 0 Å². The third-order valence-corrected chi connectivity index (χ3v) is 14.1. The summed E-state index contributed by atoms with van der Waals surface area (Å²) in [6.07, 6.45) is 0. The first-order valence-corrected chi connectivity index (χ1v) is 16.0. The van der Waals surface area contributed by atoms with Crippen molar-refractivity contribution in [2.45, 2.75) is 9.79 Å². The summed E-state index contributed by atoms with van der Waals surface area (Å²) >= 11 is 19.8. The highest BCUT2D eigenvalue weighted by Gasteiger charge is 2.23. The minimum absolute atomic E-state index is 0.0159. The van der Waals surface area contributed by atoms with Crippen LogP contribution in [0, 0.1) is 0 Å². The molecule has 0 heterocycles. The molecule has 0 aliphatic carbocycles. The number of sulfonamides is 2. The Hall–Kier alpha value is 0.0400. The van der Waals surface area contributed by atoms with Crippen molar-refractivity contribution in [3.63, 3.8) is 0 Å². The molecule has 0 saturated carbocycles. The zero-order valence-corrected chi connectivity index (χ0v) is 26.5. The van der Waals surface area contributed by atoms with E-state index in [1.54, 1.807) is 12.1 Å². The lowest BCUT2D eigenvalue weighted by molar-refractivity contribution is 0.599. The summed E-state index contributed by atoms with van der Waals surface area (Å²) in [6.45, 7) is 0. The lowest BCUT2D eigenvalue weighted by Crippen LogP contribution is -2.15. The Morgan fingerprint density at radius 3 is 1.28 bits per heavy atom. The minimum atomic E-state index is -3.96. The maximum Gasteiger partial charge on any atom is 0.263 e. The van der Waals surface area contributed by atoms with Gasteiger partial charge < -0.3 is 0 Å². The van der Waals surface area contributed by atoms with Crippen LogP contribution in [0.1, 0.15) is 0 Å². The number of benzene rings is 3. The molecule has 0 unspecified atom stereocenters. The van der Waals surface area contributed by atoms with Gasteiger partial charge >= 0.3 is 0 Å². The molecular weight excluding hydrogens is 852 g/mol. The molecule has 14 heteroatoms. The fourth-order valence-electron chi connectivity index (χ4n) is 2.50. The average molecular weight is 862 g/mol. The molecule has 0 spiro atoms. The highest BCUT2D eigenvalue weighted by molar-refractivity contribution is 9.15. The van der Waals surface area contributed by atoms with Crippen LogP contribution in [-0.2, 0) is 20.0 Å². The van der Waals surface area contributed by atoms with Crippen molar-refractivity contribution in [2.75, 3.05) is 9.44 Å². The Morgan fingerprint density at radius 2 is 0.906 bits per heavy atom. The van der Waals surface area contributed by atoms with Crippen LogP contribution in [0.15, 0.2) is 85.2 Å². The summed E-state index contributed by atoms with van der Waals surface area (Å²) < 4.78 is 59.6. The van der Waals surface area contributed by atoms with Gasteiger partial charge in [-0.05, 0) is 138 Å². The van der Waals surface area contributed by atoms with Crippen molar-refractivity contribution < 1.29 is 16.8 Å². The molecule has 32 heavy (non-hydrogen) atoms. The molecule has 0 aromatic heterocycles. The Kier molecular flexibility index (Phi) is 8.61. The van der Waals surface area contributed by atoms with Crippen molar-refractivity contribution in [1.29, 1.82) is 0 Å². The third-order valence-electron chi connectivity index (χ3n) is 3.95. The summed E-state index contributed by atoms with van der Waals surface area (Å²) in [7, 11) is -7.91. The number of halogens is 6. The van der Waals surface area contributed by atoms with Gasteiger partial charge in [0.05, 0.1) is 20.3 Å². The molecule has 3 aromatic rings. The first-order valence-electron chi connectivity index (χ1n) is 8.26. The summed E-state index contributed by atoms with van der Waals surface area (Å²) in [5.74, 6) is 0. The van der Waals surface area contributed by atoms with Crippen LogP contribution < -0.4 is 9.44 Å². The number of hydrogen-bond donors (Lipinski definition) is 2. The van der Waals surface area contributed by atoms with E-state index in [1.165, 1.54) is 36.4 Å². The molecule has 3 aromatic carbocycles. The molecule has 0 fully saturated rings. The molecule has 0 bridgehead atoms. The fourth-order valence-corrected chi connectivity index (χ4v) is 8.88. The molecular formula is C18H10Br6N2O4S2. The fraction of sp³-hybridized carbons (Fsp3) is 0. The average Bonchev–Trinajstić information content (AvgIpc) is 2.69. The zero-order valence-electron chi connectivity index (χ0n) is 15.3. The second kappa shape index (κ2) is 10.3. The van der Waals surface area contributed by atoms with Crippen LogP contribution in [0.4, 0.5) is 11.4 Å². The standard InChI is InChI=1S/C18H10Br6N2O4S2/c19-11-4-6-13(17(23)15(11)21)31(27,28)25-9-2-1-3-10(8-9)26-32(29,30)14-7-5-12(20)16(22)18(14)24/h1-8,25-26H. The molecule has 0 saturated heterocycles. The number of anilines is 2. The molecule has 6 nitrogen and oxygen atoms in total. The minimum Gasteiger partial charge on any atom is -0.280 e. The summed E-state index contributed by atoms with van der Waals surface area (Å²) in [4.78, 5) is 0.0319. The summed E-state index contributed by atoms with van der Waals surface area (Å²) in [5, 5.41) is 0. The first-order chi connectivity index (χ1) is 14.8. The molecule has 2 N–H and O–H groups in total. The lowest BCUT2D eigenvalue weighted by Gasteiger charge is -2.14. The highest BCUT2D eigenvalue weighted by atomic mass is 79.9. The van der Waals surface area contributed by atoms with Gasteiger partial charge in [0, 0.05) is 17.9 Å². The molecule has 0 amide bonds. The van der Waals surface area contributed by atoms with Crippen LogP contribution in [0.5, 0.6) is 0 Å². The van der Waals surface area contributed by atoms with Gasteiger partial charge in [0.2, 0.25) is 0 Å². The molecule has 0 aliphatic heterocycles. The van der Waals surface area contributed by atoms with Crippen LogP contribution in [0.3, 0.4) is 0 Å². The van der Waals surface area contributed by atoms with Gasteiger partial charge in [-0.1, -0.05) is 6.07 Å². The topological polar surface area (TPSA) is 92.3 Å². The van der Waals surface area contributed by atoms with E-state index in [2.05, 4.69) is 105 Å². The van der Waals surface area contributed by atoms with Crippen molar-refractivity contribution in [1.82, 2.24) is 0 Å². The maximum atomic E-state index is 12.9. The zero-order chi connectivity index (χ0) is 23.8. The number of rotatable bonds is 6. The summed E-state index contributed by atoms with van der Waals surface area (Å²) in [5.41, 5.74) is 0.374. The summed E-state index contributed by atoms with van der Waals surface area (Å²) in [6, 6.07) is 12.0. The van der Waals surface area contributed by atoms with Gasteiger partial charge in [0.1, 0.15) is 9.79 Å². The van der Waals surface area contributed by atoms with E-state index < -0.39 is 20.0 Å². The van der Waals surface area contributed by atoms with Crippen molar-refractivity contribution >= 4 is 127 Å². The predicted octanol–water partition coefficient (Wildman–Crippen LogP) is 7.86. The smallest absolute Gasteiger partial charge is 0.263 e.